The van der Waals surface area contributed by atoms with E-state index in [-0.39, 0.29) is 0 Å². The van der Waals surface area contributed by atoms with Gasteiger partial charge in [-0.1, -0.05) is 17.7 Å². The maximum Gasteiger partial charge on any atom is 0.0455 e. The highest BCUT2D eigenvalue weighted by atomic mass is 35.5. The van der Waals surface area contributed by atoms with Gasteiger partial charge in [0.1, 0.15) is 0 Å². The van der Waals surface area contributed by atoms with Crippen LogP contribution in [0.3, 0.4) is 0 Å². The first-order valence-electron chi connectivity index (χ1n) is 5.47. The van der Waals surface area contributed by atoms with Gasteiger partial charge in [-0.15, -0.1) is 0 Å². The van der Waals surface area contributed by atoms with E-state index in [4.69, 9.17) is 17.3 Å². The van der Waals surface area contributed by atoms with Crippen molar-refractivity contribution >= 4 is 17.3 Å². The molecule has 3 N–H and O–H groups in total. The van der Waals surface area contributed by atoms with Crippen LogP contribution in [0.15, 0.2) is 12.1 Å². The van der Waals surface area contributed by atoms with Crippen molar-refractivity contribution < 1.29 is 0 Å². The van der Waals surface area contributed by atoms with Crippen molar-refractivity contribution in [1.82, 2.24) is 0 Å². The second-order valence-electron chi connectivity index (χ2n) is 4.18. The number of hydrogen-bond donors (Lipinski definition) is 2. The Bertz CT molecular complexity index is 363. The van der Waals surface area contributed by atoms with E-state index in [9.17, 15) is 0 Å². The summed E-state index contributed by atoms with van der Waals surface area (Å²) in [5.74, 6) is 0. The number of halogens is 1. The first-order chi connectivity index (χ1) is 7.22. The maximum atomic E-state index is 6.08. The van der Waals surface area contributed by atoms with Gasteiger partial charge in [-0.2, -0.15) is 0 Å². The van der Waals surface area contributed by atoms with E-state index in [1.165, 1.54) is 16.8 Å². The van der Waals surface area contributed by atoms with Crippen molar-refractivity contribution in [3.63, 3.8) is 0 Å². The normalized spacial score (nSPS) is 18.7. The van der Waals surface area contributed by atoms with Crippen LogP contribution >= 0.6 is 11.6 Å². The van der Waals surface area contributed by atoms with E-state index in [0.29, 0.717) is 6.04 Å². The van der Waals surface area contributed by atoms with E-state index in [0.717, 1.165) is 30.8 Å². The van der Waals surface area contributed by atoms with Crippen LogP contribution in [0.1, 0.15) is 24.0 Å². The van der Waals surface area contributed by atoms with Crippen molar-refractivity contribution in [1.29, 1.82) is 0 Å². The van der Waals surface area contributed by atoms with Crippen molar-refractivity contribution in [2.45, 2.75) is 32.2 Å². The third kappa shape index (κ3) is 2.11. The minimum absolute atomic E-state index is 0.542. The van der Waals surface area contributed by atoms with Gasteiger partial charge in [0.15, 0.2) is 0 Å². The molecule has 1 atom stereocenters. The molecule has 0 saturated heterocycles. The van der Waals surface area contributed by atoms with Gasteiger partial charge >= 0.3 is 0 Å². The zero-order valence-corrected chi connectivity index (χ0v) is 9.77. The molecule has 0 aromatic heterocycles. The molecule has 0 spiro atoms. The average molecular weight is 225 g/mol. The maximum absolute atomic E-state index is 6.08. The third-order valence-electron chi connectivity index (χ3n) is 3.06. The number of nitrogens with one attached hydrogen (secondary N) is 1. The Labute approximate surface area is 95.8 Å². The standard InChI is InChI=1S/C12H17ClN2/c1-8-11(13)5-4-9-7-10(3-2-6-14)15-12(8)9/h4-5,10,15H,2-3,6-7,14H2,1H3. The molecule has 0 fully saturated rings. The number of rotatable bonds is 3. The van der Waals surface area contributed by atoms with E-state index in [2.05, 4.69) is 18.3 Å². The molecule has 0 saturated carbocycles. The van der Waals surface area contributed by atoms with Gasteiger partial charge < -0.3 is 11.1 Å². The van der Waals surface area contributed by atoms with Crippen LogP contribution in [0, 0.1) is 6.92 Å². The van der Waals surface area contributed by atoms with Crippen molar-refractivity contribution in [2.24, 2.45) is 5.73 Å². The Morgan fingerprint density at radius 2 is 2.33 bits per heavy atom. The molecule has 82 valence electrons. The molecule has 3 heteroatoms. The molecule has 1 aliphatic heterocycles. The summed E-state index contributed by atoms with van der Waals surface area (Å²) < 4.78 is 0. The molecule has 0 bridgehead atoms. The van der Waals surface area contributed by atoms with Gasteiger partial charge in [0, 0.05) is 16.8 Å². The van der Waals surface area contributed by atoms with Crippen LogP contribution in [0.2, 0.25) is 5.02 Å². The zero-order chi connectivity index (χ0) is 10.8. The molecule has 2 rings (SSSR count). The summed E-state index contributed by atoms with van der Waals surface area (Å²) in [6.45, 7) is 2.84. The van der Waals surface area contributed by atoms with Crippen molar-refractivity contribution in [3.8, 4) is 0 Å². The Kier molecular flexibility index (Phi) is 3.17. The lowest BCUT2D eigenvalue weighted by Gasteiger charge is -2.11. The van der Waals surface area contributed by atoms with Crippen LogP contribution in [0.25, 0.3) is 0 Å². The SMILES string of the molecule is Cc1c(Cl)ccc2c1NC(CCCN)C2. The van der Waals surface area contributed by atoms with Gasteiger partial charge in [-0.3, -0.25) is 0 Å². The molecule has 1 heterocycles. The first-order valence-corrected chi connectivity index (χ1v) is 5.84. The van der Waals surface area contributed by atoms with Gasteiger partial charge in [-0.25, -0.2) is 0 Å². The van der Waals surface area contributed by atoms with Crippen LogP contribution in [-0.2, 0) is 6.42 Å². The minimum atomic E-state index is 0.542. The highest BCUT2D eigenvalue weighted by molar-refractivity contribution is 6.31. The number of anilines is 1. The fourth-order valence-electron chi connectivity index (χ4n) is 2.17. The molecule has 1 unspecified atom stereocenters. The molecule has 2 nitrogen and oxygen atoms in total. The van der Waals surface area contributed by atoms with Crippen LogP contribution in [0.5, 0.6) is 0 Å². The van der Waals surface area contributed by atoms with Crippen LogP contribution in [0.4, 0.5) is 5.69 Å². The number of nitrogens with two attached hydrogens (primary N) is 1. The smallest absolute Gasteiger partial charge is 0.0455 e. The average Bonchev–Trinajstić information content (AvgIpc) is 2.64. The molecular weight excluding hydrogens is 208 g/mol. The predicted octanol–water partition coefficient (Wildman–Crippen LogP) is 2.72. The Morgan fingerprint density at radius 1 is 1.53 bits per heavy atom. The van der Waals surface area contributed by atoms with Gasteiger partial charge in [0.25, 0.3) is 0 Å². The molecule has 0 radical (unpaired) electrons. The Morgan fingerprint density at radius 3 is 3.07 bits per heavy atom. The highest BCUT2D eigenvalue weighted by Gasteiger charge is 2.22. The minimum Gasteiger partial charge on any atom is -0.381 e. The summed E-state index contributed by atoms with van der Waals surface area (Å²) in [6, 6.07) is 4.66. The highest BCUT2D eigenvalue weighted by Crippen LogP contribution is 2.34. The molecule has 1 aromatic carbocycles. The third-order valence-corrected chi connectivity index (χ3v) is 3.47. The summed E-state index contributed by atoms with van der Waals surface area (Å²) in [5.41, 5.74) is 9.32. The fourth-order valence-corrected chi connectivity index (χ4v) is 2.33. The van der Waals surface area contributed by atoms with E-state index >= 15 is 0 Å². The predicted molar refractivity (Wildman–Crippen MR) is 65.6 cm³/mol. The van der Waals surface area contributed by atoms with Gasteiger partial charge in [0.2, 0.25) is 0 Å². The summed E-state index contributed by atoms with van der Waals surface area (Å²) in [4.78, 5) is 0. The summed E-state index contributed by atoms with van der Waals surface area (Å²) >= 11 is 6.08. The second kappa shape index (κ2) is 4.42. The monoisotopic (exact) mass is 224 g/mol. The molecule has 15 heavy (non-hydrogen) atoms. The van der Waals surface area contributed by atoms with Crippen LogP contribution in [-0.4, -0.2) is 12.6 Å². The molecular formula is C12H17ClN2. The van der Waals surface area contributed by atoms with Crippen LogP contribution < -0.4 is 11.1 Å². The lowest BCUT2D eigenvalue weighted by atomic mass is 10.0. The lowest BCUT2D eigenvalue weighted by molar-refractivity contribution is 0.639. The van der Waals surface area contributed by atoms with E-state index in [1.54, 1.807) is 0 Å². The topological polar surface area (TPSA) is 38.0 Å². The first kappa shape index (κ1) is 10.8. The largest absolute Gasteiger partial charge is 0.381 e. The Balaban J connectivity index is 2.13. The molecule has 1 aliphatic rings. The van der Waals surface area contributed by atoms with Gasteiger partial charge in [0.05, 0.1) is 0 Å². The number of hydrogen-bond acceptors (Lipinski definition) is 2. The second-order valence-corrected chi connectivity index (χ2v) is 4.59. The molecule has 0 amide bonds. The quantitative estimate of drug-likeness (QED) is 0.829. The lowest BCUT2D eigenvalue weighted by Crippen LogP contribution is -2.17. The van der Waals surface area contributed by atoms with Crippen molar-refractivity contribution in [2.75, 3.05) is 11.9 Å². The zero-order valence-electron chi connectivity index (χ0n) is 9.02. The molecule has 1 aromatic rings. The number of benzene rings is 1. The number of fused-ring (bicyclic) bond motifs is 1. The van der Waals surface area contributed by atoms with Gasteiger partial charge in [-0.05, 0) is 49.9 Å². The van der Waals surface area contributed by atoms with E-state index < -0.39 is 0 Å². The summed E-state index contributed by atoms with van der Waals surface area (Å²) in [7, 11) is 0. The summed E-state index contributed by atoms with van der Waals surface area (Å²) in [6.07, 6.45) is 3.33. The van der Waals surface area contributed by atoms with Crippen molar-refractivity contribution in [3.05, 3.63) is 28.3 Å². The fraction of sp³-hybridized carbons (Fsp3) is 0.500. The molecule has 0 aliphatic carbocycles. The van der Waals surface area contributed by atoms with E-state index in [1.807, 2.05) is 6.07 Å². The summed E-state index contributed by atoms with van der Waals surface area (Å²) in [5, 5.41) is 4.39. The Hall–Kier alpha value is -0.730.